The molecule has 0 spiro atoms. The van der Waals surface area contributed by atoms with Crippen molar-refractivity contribution in [2.75, 3.05) is 0 Å². The lowest BCUT2D eigenvalue weighted by Gasteiger charge is -2.09. The van der Waals surface area contributed by atoms with Gasteiger partial charge in [0.05, 0.1) is 6.54 Å². The lowest BCUT2D eigenvalue weighted by molar-refractivity contribution is 0.610. The number of aromatic amines is 1. The maximum Gasteiger partial charge on any atom is 0.205 e. The van der Waals surface area contributed by atoms with Crippen LogP contribution in [-0.4, -0.2) is 40.4 Å². The largest absolute Gasteiger partial charge is 0.264 e. The number of hydrogen-bond acceptors (Lipinski definition) is 6. The van der Waals surface area contributed by atoms with Crippen molar-refractivity contribution in [1.29, 1.82) is 0 Å². The van der Waals surface area contributed by atoms with Crippen LogP contribution >= 0.6 is 0 Å². The van der Waals surface area contributed by atoms with Crippen molar-refractivity contribution in [3.63, 3.8) is 0 Å². The Kier molecular flexibility index (Phi) is 7.32. The summed E-state index contributed by atoms with van der Waals surface area (Å²) < 4.78 is 2.08. The number of aryl methyl sites for hydroxylation is 2. The topological polar surface area (TPSA) is 98.1 Å². The van der Waals surface area contributed by atoms with Crippen LogP contribution in [0, 0.1) is 0 Å². The number of nitrogens with zero attached hydrogens (tertiary/aromatic N) is 7. The molecule has 32 heavy (non-hydrogen) atoms. The molecule has 166 valence electrons. The maximum absolute atomic E-state index is 4.84. The highest BCUT2D eigenvalue weighted by molar-refractivity contribution is 5.79. The fraction of sp³-hybridized carbons (Fsp3) is 0.417. The van der Waals surface area contributed by atoms with Gasteiger partial charge in [-0.25, -0.2) is 9.67 Å². The molecule has 0 unspecified atom stereocenters. The fourth-order valence-corrected chi connectivity index (χ4v) is 3.77. The second-order valence-corrected chi connectivity index (χ2v) is 8.02. The quantitative estimate of drug-likeness (QED) is 0.348. The van der Waals surface area contributed by atoms with E-state index in [0.717, 1.165) is 67.0 Å². The number of unbranched alkanes of at least 4 members (excludes halogenated alkanes) is 3. The van der Waals surface area contributed by atoms with E-state index in [1.165, 1.54) is 18.4 Å². The molecule has 8 heteroatoms. The third-order valence-electron chi connectivity index (χ3n) is 5.55. The van der Waals surface area contributed by atoms with E-state index >= 15 is 0 Å². The summed E-state index contributed by atoms with van der Waals surface area (Å²) in [5.41, 5.74) is 4.13. The van der Waals surface area contributed by atoms with Crippen LogP contribution in [0.4, 0.5) is 0 Å². The van der Waals surface area contributed by atoms with E-state index in [1.807, 2.05) is 12.3 Å². The van der Waals surface area contributed by atoms with Gasteiger partial charge in [0.15, 0.2) is 5.82 Å². The predicted octanol–water partition coefficient (Wildman–Crippen LogP) is 4.64. The average molecular weight is 431 g/mol. The molecule has 0 bridgehead atoms. The van der Waals surface area contributed by atoms with Crippen LogP contribution in [0.5, 0.6) is 0 Å². The lowest BCUT2D eigenvalue weighted by Crippen LogP contribution is -2.07. The Hall–Kier alpha value is -3.42. The normalized spacial score (nSPS) is 11.2. The minimum Gasteiger partial charge on any atom is -0.264 e. The summed E-state index contributed by atoms with van der Waals surface area (Å²) in [6, 6.07) is 10.4. The highest BCUT2D eigenvalue weighted by Crippen LogP contribution is 2.29. The van der Waals surface area contributed by atoms with Gasteiger partial charge in [0.25, 0.3) is 0 Å². The zero-order chi connectivity index (χ0) is 22.2. The lowest BCUT2D eigenvalue weighted by atomic mass is 10.0. The third kappa shape index (κ3) is 5.25. The Morgan fingerprint density at radius 3 is 2.50 bits per heavy atom. The molecule has 0 saturated heterocycles. The number of pyridine rings is 1. The number of benzene rings is 1. The Labute approximate surface area is 188 Å². The van der Waals surface area contributed by atoms with E-state index in [9.17, 15) is 0 Å². The predicted molar refractivity (Wildman–Crippen MR) is 124 cm³/mol. The summed E-state index contributed by atoms with van der Waals surface area (Å²) >= 11 is 0. The van der Waals surface area contributed by atoms with Crippen LogP contribution in [0.2, 0.25) is 0 Å². The SMILES string of the molecule is CCCCCc1nc(CCCC)n(Cc2ccc(-c3cnccc3-c3nn[nH]n3)cc2)n1. The van der Waals surface area contributed by atoms with Crippen LogP contribution in [0.3, 0.4) is 0 Å². The first-order valence-electron chi connectivity index (χ1n) is 11.5. The second-order valence-electron chi connectivity index (χ2n) is 8.02. The molecule has 0 aliphatic rings. The highest BCUT2D eigenvalue weighted by atomic mass is 15.5. The Bertz CT molecular complexity index is 1100. The molecule has 0 atom stereocenters. The number of nitrogens with one attached hydrogen (secondary N) is 1. The van der Waals surface area contributed by atoms with Crippen LogP contribution < -0.4 is 0 Å². The van der Waals surface area contributed by atoms with Gasteiger partial charge >= 0.3 is 0 Å². The van der Waals surface area contributed by atoms with Gasteiger partial charge in [-0.15, -0.1) is 10.2 Å². The van der Waals surface area contributed by atoms with E-state index in [-0.39, 0.29) is 0 Å². The summed E-state index contributed by atoms with van der Waals surface area (Å²) in [7, 11) is 0. The van der Waals surface area contributed by atoms with Crippen molar-refractivity contribution < 1.29 is 0 Å². The van der Waals surface area contributed by atoms with Crippen LogP contribution in [0.25, 0.3) is 22.5 Å². The molecule has 3 aromatic heterocycles. The van der Waals surface area contributed by atoms with Crippen molar-refractivity contribution in [2.45, 2.75) is 65.3 Å². The van der Waals surface area contributed by atoms with Gasteiger partial charge < -0.3 is 0 Å². The smallest absolute Gasteiger partial charge is 0.205 e. The monoisotopic (exact) mass is 430 g/mol. The van der Waals surface area contributed by atoms with Crippen LogP contribution in [0.1, 0.15) is 63.2 Å². The average Bonchev–Trinajstić information content (AvgIpc) is 3.49. The number of aromatic nitrogens is 8. The van der Waals surface area contributed by atoms with Gasteiger partial charge in [-0.05, 0) is 35.2 Å². The molecule has 4 aromatic rings. The van der Waals surface area contributed by atoms with Gasteiger partial charge in [0, 0.05) is 36.4 Å². The van der Waals surface area contributed by atoms with Gasteiger partial charge in [-0.3, -0.25) is 4.98 Å². The number of tetrazole rings is 1. The fourth-order valence-electron chi connectivity index (χ4n) is 3.77. The molecular formula is C24H30N8. The number of H-pyrrole nitrogens is 1. The first kappa shape index (κ1) is 21.8. The molecule has 4 rings (SSSR count). The minimum absolute atomic E-state index is 0.560. The summed E-state index contributed by atoms with van der Waals surface area (Å²) in [5, 5.41) is 19.2. The molecular weight excluding hydrogens is 400 g/mol. The summed E-state index contributed by atoms with van der Waals surface area (Å²) in [5.74, 6) is 2.63. The molecule has 8 nitrogen and oxygen atoms in total. The summed E-state index contributed by atoms with van der Waals surface area (Å²) in [6.45, 7) is 5.16. The molecule has 0 aliphatic heterocycles. The zero-order valence-electron chi connectivity index (χ0n) is 18.8. The van der Waals surface area contributed by atoms with Gasteiger partial charge in [0.1, 0.15) is 5.82 Å². The van der Waals surface area contributed by atoms with Crippen LogP contribution in [0.15, 0.2) is 42.7 Å². The van der Waals surface area contributed by atoms with Crippen molar-refractivity contribution in [3.05, 3.63) is 59.9 Å². The molecule has 1 aromatic carbocycles. The van der Waals surface area contributed by atoms with Crippen LogP contribution in [-0.2, 0) is 19.4 Å². The molecule has 3 heterocycles. The van der Waals surface area contributed by atoms with Gasteiger partial charge in [0.2, 0.25) is 5.82 Å². The number of hydrogen-bond donors (Lipinski definition) is 1. The minimum atomic E-state index is 0.560. The molecule has 1 N–H and O–H groups in total. The Morgan fingerprint density at radius 1 is 0.906 bits per heavy atom. The van der Waals surface area contributed by atoms with E-state index in [0.29, 0.717) is 5.82 Å². The molecule has 0 aliphatic carbocycles. The van der Waals surface area contributed by atoms with E-state index in [2.05, 4.69) is 68.4 Å². The zero-order valence-corrected chi connectivity index (χ0v) is 18.8. The Morgan fingerprint density at radius 2 is 1.75 bits per heavy atom. The third-order valence-corrected chi connectivity index (χ3v) is 5.55. The Balaban J connectivity index is 1.53. The van der Waals surface area contributed by atoms with E-state index in [4.69, 9.17) is 10.1 Å². The molecule has 0 fully saturated rings. The first-order chi connectivity index (χ1) is 15.8. The molecule has 0 amide bonds. The molecule has 0 saturated carbocycles. The van der Waals surface area contributed by atoms with Gasteiger partial charge in [-0.1, -0.05) is 57.4 Å². The molecule has 0 radical (unpaired) electrons. The first-order valence-corrected chi connectivity index (χ1v) is 11.5. The standard InChI is InChI=1S/C24H30N8/c1-3-5-7-8-22-26-23(9-6-4-2)32(29-22)17-18-10-12-19(13-11-18)21-16-25-15-14-20(21)24-27-30-31-28-24/h10-16H,3-9,17H2,1-2H3,(H,27,28,30,31). The van der Waals surface area contributed by atoms with Crippen molar-refractivity contribution >= 4 is 0 Å². The van der Waals surface area contributed by atoms with Gasteiger partial charge in [-0.2, -0.15) is 10.3 Å². The summed E-state index contributed by atoms with van der Waals surface area (Å²) in [6.07, 6.45) is 11.4. The van der Waals surface area contributed by atoms with E-state index < -0.39 is 0 Å². The van der Waals surface area contributed by atoms with Crippen molar-refractivity contribution in [2.24, 2.45) is 0 Å². The number of rotatable bonds is 11. The maximum atomic E-state index is 4.84. The van der Waals surface area contributed by atoms with Crippen molar-refractivity contribution in [1.82, 2.24) is 40.4 Å². The van der Waals surface area contributed by atoms with Crippen molar-refractivity contribution in [3.8, 4) is 22.5 Å². The van der Waals surface area contributed by atoms with E-state index in [1.54, 1.807) is 6.20 Å². The second kappa shape index (κ2) is 10.7. The summed E-state index contributed by atoms with van der Waals surface area (Å²) in [4.78, 5) is 9.13. The highest BCUT2D eigenvalue weighted by Gasteiger charge is 2.13.